The number of fused-ring (bicyclic) bond motifs is 1. The number of hydrogen-bond acceptors (Lipinski definition) is 6. The summed E-state index contributed by atoms with van der Waals surface area (Å²) < 4.78 is 7.28. The van der Waals surface area contributed by atoms with E-state index in [1.54, 1.807) is 15.7 Å². The molecule has 0 aliphatic carbocycles. The van der Waals surface area contributed by atoms with E-state index in [4.69, 9.17) is 4.74 Å². The molecule has 0 radical (unpaired) electrons. The Balaban J connectivity index is 1.71. The minimum atomic E-state index is -0.476. The number of aryl methyl sites for hydroxylation is 1. The molecule has 0 saturated carbocycles. The van der Waals surface area contributed by atoms with Crippen LogP contribution in [-0.4, -0.2) is 62.9 Å². The Morgan fingerprint density at radius 2 is 2.19 bits per heavy atom. The first-order chi connectivity index (χ1) is 12.8. The molecule has 1 aliphatic rings. The molecule has 0 unspecified atom stereocenters. The minimum Gasteiger partial charge on any atom is -0.444 e. The quantitative estimate of drug-likeness (QED) is 0.819. The maximum Gasteiger partial charge on any atom is 0.410 e. The van der Waals surface area contributed by atoms with E-state index in [0.717, 1.165) is 43.9 Å². The lowest BCUT2D eigenvalue weighted by molar-refractivity contribution is 0.0269. The van der Waals surface area contributed by atoms with Gasteiger partial charge in [-0.2, -0.15) is 14.6 Å². The highest BCUT2D eigenvalue weighted by molar-refractivity contribution is 5.67. The van der Waals surface area contributed by atoms with Gasteiger partial charge in [-0.15, -0.1) is 0 Å². The predicted molar refractivity (Wildman–Crippen MR) is 104 cm³/mol. The molecule has 0 N–H and O–H groups in total. The molecule has 1 saturated heterocycles. The average Bonchev–Trinajstić information content (AvgIpc) is 3.08. The summed E-state index contributed by atoms with van der Waals surface area (Å²) in [6.07, 6.45) is 4.30. The monoisotopic (exact) mass is 374 g/mol. The smallest absolute Gasteiger partial charge is 0.410 e. The van der Waals surface area contributed by atoms with Crippen molar-refractivity contribution in [2.75, 3.05) is 31.6 Å². The summed E-state index contributed by atoms with van der Waals surface area (Å²) in [6, 6.07) is 2.10. The van der Waals surface area contributed by atoms with E-state index >= 15 is 0 Å². The van der Waals surface area contributed by atoms with Crippen LogP contribution in [0.15, 0.2) is 12.4 Å². The number of hydrogen-bond donors (Lipinski definition) is 0. The molecule has 1 aliphatic heterocycles. The first-order valence-electron chi connectivity index (χ1n) is 9.65. The highest BCUT2D eigenvalue weighted by Crippen LogP contribution is 2.25. The van der Waals surface area contributed by atoms with Crippen LogP contribution in [0.1, 0.15) is 46.2 Å². The Labute approximate surface area is 160 Å². The second kappa shape index (κ2) is 7.70. The highest BCUT2D eigenvalue weighted by Gasteiger charge is 2.27. The molecule has 3 heterocycles. The fourth-order valence-corrected chi connectivity index (χ4v) is 3.47. The molecule has 1 atom stereocenters. The molecular weight excluding hydrogens is 344 g/mol. The molecular formula is C19H30N6O2. The molecule has 148 valence electrons. The molecule has 8 nitrogen and oxygen atoms in total. The molecule has 0 spiro atoms. The molecule has 8 heteroatoms. The number of amides is 1. The van der Waals surface area contributed by atoms with Crippen molar-refractivity contribution in [2.24, 2.45) is 5.92 Å². The number of carbonyl (C=O) groups excluding carboxylic acids is 1. The van der Waals surface area contributed by atoms with Crippen LogP contribution >= 0.6 is 0 Å². The van der Waals surface area contributed by atoms with Crippen LogP contribution in [0.5, 0.6) is 0 Å². The Morgan fingerprint density at radius 1 is 1.41 bits per heavy atom. The van der Waals surface area contributed by atoms with E-state index in [1.165, 1.54) is 0 Å². The Bertz CT molecular complexity index is 797. The van der Waals surface area contributed by atoms with E-state index in [-0.39, 0.29) is 6.09 Å². The fraction of sp³-hybridized carbons (Fsp3) is 0.684. The van der Waals surface area contributed by atoms with E-state index in [2.05, 4.69) is 33.0 Å². The normalized spacial score (nSPS) is 18.0. The zero-order chi connectivity index (χ0) is 19.6. The Hall–Kier alpha value is -2.38. The maximum absolute atomic E-state index is 12.3. The molecule has 2 aromatic rings. The average molecular weight is 374 g/mol. The zero-order valence-electron chi connectivity index (χ0n) is 17.0. The molecule has 1 amide bonds. The lowest BCUT2D eigenvalue weighted by Crippen LogP contribution is -2.43. The van der Waals surface area contributed by atoms with Gasteiger partial charge in [0.2, 0.25) is 0 Å². The van der Waals surface area contributed by atoms with Crippen molar-refractivity contribution in [3.8, 4) is 0 Å². The number of anilines is 1. The van der Waals surface area contributed by atoms with E-state index < -0.39 is 5.60 Å². The van der Waals surface area contributed by atoms with Crippen LogP contribution in [0.2, 0.25) is 0 Å². The van der Waals surface area contributed by atoms with Gasteiger partial charge >= 0.3 is 6.09 Å². The van der Waals surface area contributed by atoms with Crippen molar-refractivity contribution in [3.63, 3.8) is 0 Å². The van der Waals surface area contributed by atoms with Crippen molar-refractivity contribution in [1.29, 1.82) is 0 Å². The number of aromatic nitrogens is 4. The third-order valence-electron chi connectivity index (χ3n) is 4.73. The minimum absolute atomic E-state index is 0.268. The summed E-state index contributed by atoms with van der Waals surface area (Å²) in [5.41, 5.74) is 0.537. The summed E-state index contributed by atoms with van der Waals surface area (Å²) in [7, 11) is 1.81. The van der Waals surface area contributed by atoms with Crippen molar-refractivity contribution >= 4 is 17.7 Å². The summed E-state index contributed by atoms with van der Waals surface area (Å²) in [6.45, 7) is 10.3. The van der Waals surface area contributed by atoms with Crippen molar-refractivity contribution in [1.82, 2.24) is 24.5 Å². The van der Waals surface area contributed by atoms with Crippen LogP contribution in [0.3, 0.4) is 0 Å². The van der Waals surface area contributed by atoms with Crippen LogP contribution in [0.25, 0.3) is 5.78 Å². The maximum atomic E-state index is 12.3. The SMILES string of the molecule is CCc1cc(N2CCC[C@H](CN(C)C(=O)OC(C)(C)C)C2)n2ncnc2n1. The summed E-state index contributed by atoms with van der Waals surface area (Å²) in [5, 5.41) is 4.34. The van der Waals surface area contributed by atoms with Gasteiger partial charge in [-0.1, -0.05) is 6.92 Å². The number of carbonyl (C=O) groups is 1. The number of rotatable bonds is 4. The number of nitrogens with zero attached hydrogens (tertiary/aromatic N) is 6. The summed E-state index contributed by atoms with van der Waals surface area (Å²) in [5.74, 6) is 2.05. The molecule has 27 heavy (non-hydrogen) atoms. The highest BCUT2D eigenvalue weighted by atomic mass is 16.6. The summed E-state index contributed by atoms with van der Waals surface area (Å²) >= 11 is 0. The van der Waals surface area contributed by atoms with Crippen LogP contribution in [-0.2, 0) is 11.2 Å². The topological polar surface area (TPSA) is 75.9 Å². The van der Waals surface area contributed by atoms with Crippen LogP contribution in [0.4, 0.5) is 10.6 Å². The van der Waals surface area contributed by atoms with Gasteiger partial charge in [0.1, 0.15) is 17.7 Å². The second-order valence-corrected chi connectivity index (χ2v) is 8.25. The van der Waals surface area contributed by atoms with Gasteiger partial charge in [-0.05, 0) is 46.0 Å². The molecule has 2 aromatic heterocycles. The van der Waals surface area contributed by atoms with Gasteiger partial charge in [0.05, 0.1) is 0 Å². The third kappa shape index (κ3) is 4.67. The van der Waals surface area contributed by atoms with E-state index in [0.29, 0.717) is 18.2 Å². The van der Waals surface area contributed by atoms with Gasteiger partial charge in [0, 0.05) is 38.4 Å². The third-order valence-corrected chi connectivity index (χ3v) is 4.73. The van der Waals surface area contributed by atoms with Crippen molar-refractivity contribution < 1.29 is 9.53 Å². The molecule has 3 rings (SSSR count). The first kappa shape index (κ1) is 19.4. The lowest BCUT2D eigenvalue weighted by Gasteiger charge is -2.36. The lowest BCUT2D eigenvalue weighted by atomic mass is 9.97. The van der Waals surface area contributed by atoms with Gasteiger partial charge in [-0.25, -0.2) is 9.78 Å². The molecule has 0 aromatic carbocycles. The van der Waals surface area contributed by atoms with Gasteiger partial charge in [0.15, 0.2) is 0 Å². The van der Waals surface area contributed by atoms with Gasteiger partial charge < -0.3 is 14.5 Å². The fourth-order valence-electron chi connectivity index (χ4n) is 3.47. The molecule has 1 fully saturated rings. The first-order valence-corrected chi connectivity index (χ1v) is 9.65. The Kier molecular flexibility index (Phi) is 5.53. The molecule has 0 bridgehead atoms. The largest absolute Gasteiger partial charge is 0.444 e. The van der Waals surface area contributed by atoms with Crippen molar-refractivity contribution in [3.05, 3.63) is 18.1 Å². The van der Waals surface area contributed by atoms with E-state index in [9.17, 15) is 4.79 Å². The van der Waals surface area contributed by atoms with Crippen LogP contribution in [0, 0.1) is 5.92 Å². The standard InChI is InChI=1S/C19H30N6O2/c1-6-15-10-16(25-17(22-15)20-13-21-25)24-9-7-8-14(12-24)11-23(5)18(26)27-19(2,3)4/h10,13-14H,6-9,11-12H2,1-5H3/t14-/m1/s1. The Morgan fingerprint density at radius 3 is 2.89 bits per heavy atom. The van der Waals surface area contributed by atoms with Gasteiger partial charge in [-0.3, -0.25) is 0 Å². The van der Waals surface area contributed by atoms with Gasteiger partial charge in [0.25, 0.3) is 5.78 Å². The summed E-state index contributed by atoms with van der Waals surface area (Å²) in [4.78, 5) is 25.1. The van der Waals surface area contributed by atoms with E-state index in [1.807, 2.05) is 27.8 Å². The zero-order valence-corrected chi connectivity index (χ0v) is 17.0. The number of ether oxygens (including phenoxy) is 1. The predicted octanol–water partition coefficient (Wildman–Crippen LogP) is 2.77. The van der Waals surface area contributed by atoms with Crippen molar-refractivity contribution in [2.45, 2.75) is 52.6 Å². The number of piperidine rings is 1. The van der Waals surface area contributed by atoms with Crippen LogP contribution < -0.4 is 4.90 Å². The second-order valence-electron chi connectivity index (χ2n) is 8.25.